The quantitative estimate of drug-likeness (QED) is 0.867. The smallest absolute Gasteiger partial charge is 0.360 e. The number of amides is 2. The van der Waals surface area contributed by atoms with Gasteiger partial charge in [0.1, 0.15) is 5.76 Å². The largest absolute Gasteiger partial charge is 0.418 e. The predicted octanol–water partition coefficient (Wildman–Crippen LogP) is 4.30. The number of aryl methyl sites for hydroxylation is 1. The van der Waals surface area contributed by atoms with Crippen LogP contribution in [0.15, 0.2) is 28.8 Å². The van der Waals surface area contributed by atoms with Gasteiger partial charge < -0.3 is 9.84 Å². The van der Waals surface area contributed by atoms with E-state index in [-0.39, 0.29) is 10.8 Å². The molecule has 0 aliphatic heterocycles. The highest BCUT2D eigenvalue weighted by molar-refractivity contribution is 6.30. The number of hydrogen-bond donors (Lipinski definition) is 2. The number of nitrogens with zero attached hydrogens (tertiary/aromatic N) is 1. The van der Waals surface area contributed by atoms with Crippen molar-refractivity contribution in [2.24, 2.45) is 0 Å². The van der Waals surface area contributed by atoms with Crippen molar-refractivity contribution in [3.63, 3.8) is 0 Å². The Morgan fingerprint density at radius 1 is 1.29 bits per heavy atom. The molecule has 112 valence electrons. The highest BCUT2D eigenvalue weighted by Crippen LogP contribution is 2.36. The van der Waals surface area contributed by atoms with E-state index >= 15 is 0 Å². The molecule has 1 aromatic carbocycles. The summed E-state index contributed by atoms with van der Waals surface area (Å²) in [6.45, 7) is 1.61. The molecule has 0 aliphatic carbocycles. The van der Waals surface area contributed by atoms with Gasteiger partial charge in [-0.2, -0.15) is 13.2 Å². The highest BCUT2D eigenvalue weighted by atomic mass is 35.5. The van der Waals surface area contributed by atoms with Gasteiger partial charge in [-0.25, -0.2) is 4.79 Å². The van der Waals surface area contributed by atoms with E-state index in [9.17, 15) is 18.0 Å². The third-order valence-electron chi connectivity index (χ3n) is 2.40. The molecule has 1 heterocycles. The first-order chi connectivity index (χ1) is 9.75. The molecule has 2 amide bonds. The van der Waals surface area contributed by atoms with Crippen molar-refractivity contribution in [2.75, 3.05) is 10.6 Å². The van der Waals surface area contributed by atoms with E-state index in [1.165, 1.54) is 12.1 Å². The fourth-order valence-electron chi connectivity index (χ4n) is 1.56. The summed E-state index contributed by atoms with van der Waals surface area (Å²) in [4.78, 5) is 11.7. The number of urea groups is 1. The number of carbonyl (C=O) groups excluding carboxylic acids is 1. The number of anilines is 2. The minimum Gasteiger partial charge on any atom is -0.360 e. The standard InChI is InChI=1S/C12H9ClF3N3O2/c1-6-4-10(19-21-6)18-11(20)17-9-3-2-7(13)5-8(9)12(14,15)16/h2-5H,1H3,(H2,17,18,19,20). The van der Waals surface area contributed by atoms with Crippen molar-refractivity contribution in [3.8, 4) is 0 Å². The Morgan fingerprint density at radius 2 is 2.00 bits per heavy atom. The second-order valence-corrected chi connectivity index (χ2v) is 4.53. The molecule has 0 saturated carbocycles. The molecular formula is C12H9ClF3N3O2. The SMILES string of the molecule is Cc1cc(NC(=O)Nc2ccc(Cl)cc2C(F)(F)F)no1. The summed E-state index contributed by atoms with van der Waals surface area (Å²) < 4.78 is 43.3. The van der Waals surface area contributed by atoms with Crippen molar-refractivity contribution in [1.82, 2.24) is 5.16 Å². The number of rotatable bonds is 2. The van der Waals surface area contributed by atoms with Crippen LogP contribution in [0.4, 0.5) is 29.5 Å². The zero-order chi connectivity index (χ0) is 15.6. The van der Waals surface area contributed by atoms with Crippen molar-refractivity contribution < 1.29 is 22.5 Å². The van der Waals surface area contributed by atoms with Gasteiger partial charge in [0.2, 0.25) is 0 Å². The summed E-state index contributed by atoms with van der Waals surface area (Å²) >= 11 is 5.54. The zero-order valence-corrected chi connectivity index (χ0v) is 11.3. The molecule has 5 nitrogen and oxygen atoms in total. The van der Waals surface area contributed by atoms with E-state index in [2.05, 4.69) is 15.8 Å². The average molecular weight is 320 g/mol. The Morgan fingerprint density at radius 3 is 2.57 bits per heavy atom. The topological polar surface area (TPSA) is 67.2 Å². The number of halogens is 4. The molecule has 0 radical (unpaired) electrons. The van der Waals surface area contributed by atoms with Crippen LogP contribution >= 0.6 is 11.6 Å². The van der Waals surface area contributed by atoms with Crippen molar-refractivity contribution >= 4 is 29.1 Å². The van der Waals surface area contributed by atoms with Crippen LogP contribution in [-0.4, -0.2) is 11.2 Å². The lowest BCUT2D eigenvalue weighted by Crippen LogP contribution is -2.22. The van der Waals surface area contributed by atoms with Gasteiger partial charge in [-0.3, -0.25) is 5.32 Å². The van der Waals surface area contributed by atoms with Crippen LogP contribution in [0.25, 0.3) is 0 Å². The third kappa shape index (κ3) is 3.88. The molecular weight excluding hydrogens is 311 g/mol. The molecule has 2 N–H and O–H groups in total. The van der Waals surface area contributed by atoms with E-state index in [0.29, 0.717) is 5.76 Å². The van der Waals surface area contributed by atoms with E-state index in [1.807, 2.05) is 0 Å². The van der Waals surface area contributed by atoms with Gasteiger partial charge in [-0.15, -0.1) is 0 Å². The molecule has 0 saturated heterocycles. The molecule has 2 aromatic rings. The molecule has 0 atom stereocenters. The Kier molecular flexibility index (Phi) is 4.08. The first-order valence-electron chi connectivity index (χ1n) is 5.64. The highest BCUT2D eigenvalue weighted by Gasteiger charge is 2.34. The van der Waals surface area contributed by atoms with Gasteiger partial charge >= 0.3 is 12.2 Å². The zero-order valence-electron chi connectivity index (χ0n) is 10.6. The fourth-order valence-corrected chi connectivity index (χ4v) is 1.73. The van der Waals surface area contributed by atoms with Crippen LogP contribution in [0, 0.1) is 6.92 Å². The fraction of sp³-hybridized carbons (Fsp3) is 0.167. The summed E-state index contributed by atoms with van der Waals surface area (Å²) in [5.74, 6) is 0.542. The predicted molar refractivity (Wildman–Crippen MR) is 70.3 cm³/mol. The van der Waals surface area contributed by atoms with E-state index in [0.717, 1.165) is 12.1 Å². The van der Waals surface area contributed by atoms with Crippen molar-refractivity contribution in [2.45, 2.75) is 13.1 Å². The minimum absolute atomic E-state index is 0.0830. The first kappa shape index (κ1) is 15.2. The Bertz CT molecular complexity index is 670. The number of nitrogens with one attached hydrogen (secondary N) is 2. The van der Waals surface area contributed by atoms with Gasteiger partial charge in [0.05, 0.1) is 11.3 Å². The van der Waals surface area contributed by atoms with Crippen LogP contribution < -0.4 is 10.6 Å². The summed E-state index contributed by atoms with van der Waals surface area (Å²) in [5, 5.41) is 7.75. The summed E-state index contributed by atoms with van der Waals surface area (Å²) in [6.07, 6.45) is -4.64. The molecule has 0 fully saturated rings. The van der Waals surface area contributed by atoms with Crippen LogP contribution in [-0.2, 0) is 6.18 Å². The lowest BCUT2D eigenvalue weighted by molar-refractivity contribution is -0.136. The maximum atomic E-state index is 12.9. The molecule has 9 heteroatoms. The van der Waals surface area contributed by atoms with E-state index in [4.69, 9.17) is 16.1 Å². The molecule has 0 aliphatic rings. The van der Waals surface area contributed by atoms with Crippen LogP contribution in [0.3, 0.4) is 0 Å². The van der Waals surface area contributed by atoms with Gasteiger partial charge in [0, 0.05) is 11.1 Å². The van der Waals surface area contributed by atoms with Crippen LogP contribution in [0.2, 0.25) is 5.02 Å². The summed E-state index contributed by atoms with van der Waals surface area (Å²) in [7, 11) is 0. The minimum atomic E-state index is -4.64. The Labute approximate surface area is 122 Å². The summed E-state index contributed by atoms with van der Waals surface area (Å²) in [5.41, 5.74) is -1.45. The number of carbonyl (C=O) groups is 1. The Balaban J connectivity index is 2.17. The first-order valence-corrected chi connectivity index (χ1v) is 6.01. The lowest BCUT2D eigenvalue weighted by Gasteiger charge is -2.14. The Hall–Kier alpha value is -2.22. The maximum absolute atomic E-state index is 12.9. The van der Waals surface area contributed by atoms with Gasteiger partial charge in [-0.05, 0) is 25.1 Å². The second kappa shape index (κ2) is 5.65. The second-order valence-electron chi connectivity index (χ2n) is 4.09. The maximum Gasteiger partial charge on any atom is 0.418 e. The average Bonchev–Trinajstić information content (AvgIpc) is 2.75. The number of hydrogen-bond acceptors (Lipinski definition) is 3. The molecule has 0 spiro atoms. The third-order valence-corrected chi connectivity index (χ3v) is 2.64. The van der Waals surface area contributed by atoms with Gasteiger partial charge in [-0.1, -0.05) is 16.8 Å². The normalized spacial score (nSPS) is 11.3. The van der Waals surface area contributed by atoms with Gasteiger partial charge in [0.25, 0.3) is 0 Å². The molecule has 1 aromatic heterocycles. The van der Waals surface area contributed by atoms with Crippen molar-refractivity contribution in [3.05, 3.63) is 40.6 Å². The monoisotopic (exact) mass is 319 g/mol. The number of alkyl halides is 3. The number of benzene rings is 1. The molecule has 0 unspecified atom stereocenters. The summed E-state index contributed by atoms with van der Waals surface area (Å²) in [6, 6.07) is 3.59. The molecule has 2 rings (SSSR count). The lowest BCUT2D eigenvalue weighted by atomic mass is 10.1. The molecule has 0 bridgehead atoms. The van der Waals surface area contributed by atoms with Crippen LogP contribution in [0.1, 0.15) is 11.3 Å². The van der Waals surface area contributed by atoms with E-state index < -0.39 is 23.5 Å². The number of aromatic nitrogens is 1. The van der Waals surface area contributed by atoms with E-state index in [1.54, 1.807) is 6.92 Å². The van der Waals surface area contributed by atoms with Gasteiger partial charge in [0.15, 0.2) is 5.82 Å². The van der Waals surface area contributed by atoms with Crippen molar-refractivity contribution in [1.29, 1.82) is 0 Å². The molecule has 21 heavy (non-hydrogen) atoms. The van der Waals surface area contributed by atoms with Crippen LogP contribution in [0.5, 0.6) is 0 Å².